The van der Waals surface area contributed by atoms with Crippen LogP contribution in [0.2, 0.25) is 0 Å². The number of rotatable bonds is 1. The minimum atomic E-state index is -3.25. The molecule has 0 amide bonds. The van der Waals surface area contributed by atoms with Crippen molar-refractivity contribution in [3.8, 4) is 0 Å². The molecular weight excluding hydrogens is 342 g/mol. The van der Waals surface area contributed by atoms with E-state index in [0.717, 1.165) is 14.7 Å². The fourth-order valence-corrected chi connectivity index (χ4v) is 8.85. The van der Waals surface area contributed by atoms with Crippen molar-refractivity contribution in [1.82, 2.24) is 0 Å². The summed E-state index contributed by atoms with van der Waals surface area (Å²) in [4.78, 5) is 0. The zero-order valence-corrected chi connectivity index (χ0v) is 12.3. The molecular formula is C9H11Cl3Te. The SMILES string of the molecule is Cc1cc(C)c([Te](Cl)(Cl)Cl)c(C)c1. The molecule has 0 spiro atoms. The van der Waals surface area contributed by atoms with Gasteiger partial charge in [0.15, 0.2) is 0 Å². The molecule has 0 saturated carbocycles. The third kappa shape index (κ3) is 2.91. The summed E-state index contributed by atoms with van der Waals surface area (Å²) in [5.74, 6) is 0. The fraction of sp³-hybridized carbons (Fsp3) is 0.333. The van der Waals surface area contributed by atoms with Gasteiger partial charge in [0.1, 0.15) is 0 Å². The van der Waals surface area contributed by atoms with E-state index in [-0.39, 0.29) is 0 Å². The Bertz CT molecular complexity index is 305. The number of hydrogen-bond donors (Lipinski definition) is 0. The Hall–Kier alpha value is 0.880. The first-order chi connectivity index (χ1) is 5.82. The molecule has 0 aliphatic rings. The molecule has 0 unspecified atom stereocenters. The van der Waals surface area contributed by atoms with Gasteiger partial charge >= 0.3 is 94.9 Å². The van der Waals surface area contributed by atoms with Crippen LogP contribution in [0.1, 0.15) is 16.7 Å². The molecule has 0 fully saturated rings. The van der Waals surface area contributed by atoms with Crippen LogP contribution in [0.4, 0.5) is 0 Å². The van der Waals surface area contributed by atoms with Crippen molar-refractivity contribution < 1.29 is 0 Å². The van der Waals surface area contributed by atoms with E-state index in [1.54, 1.807) is 0 Å². The predicted octanol–water partition coefficient (Wildman–Crippen LogP) is 3.47. The van der Waals surface area contributed by atoms with Crippen LogP contribution in [0.25, 0.3) is 0 Å². The van der Waals surface area contributed by atoms with Crippen LogP contribution in [0, 0.1) is 20.8 Å². The summed E-state index contributed by atoms with van der Waals surface area (Å²) < 4.78 is 0.985. The first-order valence-corrected chi connectivity index (χ1v) is 13.8. The molecule has 4 heteroatoms. The van der Waals surface area contributed by atoms with E-state index in [2.05, 4.69) is 19.1 Å². The maximum absolute atomic E-state index is 6.04. The van der Waals surface area contributed by atoms with Gasteiger partial charge in [0.25, 0.3) is 0 Å². The van der Waals surface area contributed by atoms with Gasteiger partial charge in [-0.15, -0.1) is 0 Å². The standard InChI is InChI=1S/C9H11Cl3Te/c1-6-4-7(2)9(8(3)5-6)13(10,11)12/h4-5H,1-3H3. The first-order valence-electron chi connectivity index (χ1n) is 3.82. The quantitative estimate of drug-likeness (QED) is 0.679. The van der Waals surface area contributed by atoms with Crippen molar-refractivity contribution in [3.63, 3.8) is 0 Å². The monoisotopic (exact) mass is 354 g/mol. The Morgan fingerprint density at radius 2 is 1.31 bits per heavy atom. The molecule has 0 N–H and O–H groups in total. The van der Waals surface area contributed by atoms with Crippen molar-refractivity contribution in [2.45, 2.75) is 20.8 Å². The van der Waals surface area contributed by atoms with Crippen molar-refractivity contribution in [2.24, 2.45) is 0 Å². The van der Waals surface area contributed by atoms with Crippen molar-refractivity contribution >= 4 is 45.3 Å². The second kappa shape index (κ2) is 4.17. The Balaban J connectivity index is 3.38. The van der Waals surface area contributed by atoms with E-state index >= 15 is 0 Å². The number of hydrogen-bond acceptors (Lipinski definition) is 0. The van der Waals surface area contributed by atoms with E-state index in [9.17, 15) is 0 Å². The van der Waals surface area contributed by atoms with Crippen LogP contribution in [0.3, 0.4) is 0 Å². The van der Waals surface area contributed by atoms with Crippen molar-refractivity contribution in [2.75, 3.05) is 0 Å². The Morgan fingerprint density at radius 3 is 1.62 bits per heavy atom. The van der Waals surface area contributed by atoms with Gasteiger partial charge in [0.05, 0.1) is 0 Å². The average Bonchev–Trinajstić information content (AvgIpc) is 1.78. The van der Waals surface area contributed by atoms with Gasteiger partial charge in [-0.2, -0.15) is 0 Å². The zero-order chi connectivity index (χ0) is 10.2. The molecule has 1 aromatic carbocycles. The molecule has 0 aromatic heterocycles. The molecule has 0 saturated heterocycles. The first kappa shape index (κ1) is 12.0. The van der Waals surface area contributed by atoms with E-state index < -0.39 is 14.8 Å². The van der Waals surface area contributed by atoms with Crippen LogP contribution in [-0.2, 0) is 0 Å². The van der Waals surface area contributed by atoms with E-state index in [0.29, 0.717) is 0 Å². The number of halogens is 3. The summed E-state index contributed by atoms with van der Waals surface area (Å²) in [6, 6.07) is 4.13. The minimum absolute atomic E-state index is 0.985. The fourth-order valence-electron chi connectivity index (χ4n) is 1.53. The molecule has 1 aromatic rings. The van der Waals surface area contributed by atoms with Gasteiger partial charge in [0.2, 0.25) is 0 Å². The molecule has 74 valence electrons. The molecule has 1 rings (SSSR count). The van der Waals surface area contributed by atoms with Crippen molar-refractivity contribution in [1.29, 1.82) is 0 Å². The van der Waals surface area contributed by atoms with Crippen LogP contribution in [0.15, 0.2) is 12.1 Å². The summed E-state index contributed by atoms with van der Waals surface area (Å²) in [7, 11) is 18.1. The second-order valence-corrected chi connectivity index (χ2v) is 19.1. The second-order valence-electron chi connectivity index (χ2n) is 3.13. The van der Waals surface area contributed by atoms with E-state index in [1.165, 1.54) is 5.56 Å². The van der Waals surface area contributed by atoms with Crippen LogP contribution >= 0.6 is 26.9 Å². The maximum atomic E-state index is 6.04. The molecule has 0 bridgehead atoms. The van der Waals surface area contributed by atoms with E-state index in [1.807, 2.05) is 13.8 Å². The van der Waals surface area contributed by atoms with Crippen LogP contribution < -0.4 is 3.61 Å². The number of aryl methyl sites for hydroxylation is 3. The van der Waals surface area contributed by atoms with E-state index in [4.69, 9.17) is 26.9 Å². The van der Waals surface area contributed by atoms with Gasteiger partial charge < -0.3 is 0 Å². The molecule has 0 aliphatic carbocycles. The molecule has 0 radical (unpaired) electrons. The van der Waals surface area contributed by atoms with Crippen molar-refractivity contribution in [3.05, 3.63) is 28.8 Å². The molecule has 13 heavy (non-hydrogen) atoms. The topological polar surface area (TPSA) is 0 Å². The number of benzene rings is 1. The summed E-state index contributed by atoms with van der Waals surface area (Å²) in [6.45, 7) is 6.06. The summed E-state index contributed by atoms with van der Waals surface area (Å²) >= 11 is -3.25. The van der Waals surface area contributed by atoms with Gasteiger partial charge in [-0.3, -0.25) is 0 Å². The zero-order valence-electron chi connectivity index (χ0n) is 7.70. The summed E-state index contributed by atoms with van der Waals surface area (Å²) in [5, 5.41) is 0. The Labute approximate surface area is 94.2 Å². The molecule has 0 heterocycles. The third-order valence-electron chi connectivity index (χ3n) is 1.84. The van der Waals surface area contributed by atoms with Gasteiger partial charge in [0, 0.05) is 0 Å². The average molecular weight is 353 g/mol. The Kier molecular flexibility index (Phi) is 3.83. The molecule has 0 atom stereocenters. The Morgan fingerprint density at radius 1 is 0.923 bits per heavy atom. The molecule has 0 nitrogen and oxygen atoms in total. The van der Waals surface area contributed by atoms with Crippen LogP contribution in [-0.4, -0.2) is 14.8 Å². The summed E-state index contributed by atoms with van der Waals surface area (Å²) in [5.41, 5.74) is 3.44. The van der Waals surface area contributed by atoms with Crippen LogP contribution in [0.5, 0.6) is 0 Å². The predicted molar refractivity (Wildman–Crippen MR) is 63.6 cm³/mol. The van der Waals surface area contributed by atoms with Gasteiger partial charge in [-0.05, 0) is 0 Å². The van der Waals surface area contributed by atoms with Gasteiger partial charge in [-0.1, -0.05) is 0 Å². The van der Waals surface area contributed by atoms with Gasteiger partial charge in [-0.25, -0.2) is 0 Å². The summed E-state index contributed by atoms with van der Waals surface area (Å²) in [6.07, 6.45) is 0. The third-order valence-corrected chi connectivity index (χ3v) is 8.10. The molecule has 0 aliphatic heterocycles. The normalized spacial score (nSPS) is 13.1.